The van der Waals surface area contributed by atoms with Gasteiger partial charge in [0.05, 0.1) is 22.8 Å². The van der Waals surface area contributed by atoms with Crippen molar-refractivity contribution in [3.8, 4) is 0 Å². The van der Waals surface area contributed by atoms with Gasteiger partial charge in [0.1, 0.15) is 5.01 Å². The van der Waals surface area contributed by atoms with Crippen LogP contribution in [-0.2, 0) is 4.79 Å². The number of thiazole rings is 1. The van der Waals surface area contributed by atoms with Crippen molar-refractivity contribution < 1.29 is 4.79 Å². The second-order valence-corrected chi connectivity index (χ2v) is 8.36. The lowest BCUT2D eigenvalue weighted by molar-refractivity contribution is -0.132. The lowest BCUT2D eigenvalue weighted by Crippen LogP contribution is -2.41. The van der Waals surface area contributed by atoms with E-state index in [1.807, 2.05) is 36.2 Å². The van der Waals surface area contributed by atoms with Crippen LogP contribution >= 0.6 is 11.3 Å². The van der Waals surface area contributed by atoms with Crippen molar-refractivity contribution in [2.45, 2.75) is 19.4 Å². The number of nitrogens with zero attached hydrogens (tertiary/aromatic N) is 3. The van der Waals surface area contributed by atoms with Crippen LogP contribution in [0.1, 0.15) is 30.0 Å². The van der Waals surface area contributed by atoms with Crippen LogP contribution < -0.4 is 0 Å². The Labute approximate surface area is 170 Å². The highest BCUT2D eigenvalue weighted by atomic mass is 32.1. The SMILES string of the molecule is C[C@@H](c1nc2ccccc2s1)N(C)CC(=O)N1CC=C(c2ccccc2)CC1. The van der Waals surface area contributed by atoms with Crippen LogP contribution in [-0.4, -0.2) is 47.4 Å². The lowest BCUT2D eigenvalue weighted by atomic mass is 9.99. The lowest BCUT2D eigenvalue weighted by Gasteiger charge is -2.30. The summed E-state index contributed by atoms with van der Waals surface area (Å²) in [5.41, 5.74) is 3.63. The Bertz CT molecular complexity index is 962. The number of hydrogen-bond donors (Lipinski definition) is 0. The number of para-hydroxylation sites is 1. The van der Waals surface area contributed by atoms with Crippen molar-refractivity contribution in [1.29, 1.82) is 0 Å². The molecule has 0 aliphatic carbocycles. The molecule has 5 heteroatoms. The highest BCUT2D eigenvalue weighted by Crippen LogP contribution is 2.29. The molecule has 1 atom stereocenters. The molecule has 1 amide bonds. The van der Waals surface area contributed by atoms with E-state index in [9.17, 15) is 4.79 Å². The van der Waals surface area contributed by atoms with Crippen LogP contribution in [0, 0.1) is 0 Å². The third kappa shape index (κ3) is 4.01. The van der Waals surface area contributed by atoms with Gasteiger partial charge in [0.2, 0.25) is 5.91 Å². The fourth-order valence-electron chi connectivity index (χ4n) is 3.52. The number of carbonyl (C=O) groups excluding carboxylic acids is 1. The van der Waals surface area contributed by atoms with Crippen molar-refractivity contribution in [3.05, 3.63) is 71.2 Å². The molecular weight excluding hydrogens is 366 g/mol. The first-order chi connectivity index (χ1) is 13.6. The molecule has 3 aromatic rings. The number of amides is 1. The summed E-state index contributed by atoms with van der Waals surface area (Å²) in [5, 5.41) is 1.06. The first-order valence-corrected chi connectivity index (χ1v) is 10.5. The minimum Gasteiger partial charge on any atom is -0.338 e. The van der Waals surface area contributed by atoms with Gasteiger partial charge in [-0.2, -0.15) is 0 Å². The summed E-state index contributed by atoms with van der Waals surface area (Å²) in [4.78, 5) is 21.6. The fraction of sp³-hybridized carbons (Fsp3) is 0.304. The summed E-state index contributed by atoms with van der Waals surface area (Å²) in [5.74, 6) is 0.179. The van der Waals surface area contributed by atoms with E-state index >= 15 is 0 Å². The van der Waals surface area contributed by atoms with Gasteiger partial charge in [-0.05, 0) is 43.7 Å². The monoisotopic (exact) mass is 391 g/mol. The third-order valence-electron chi connectivity index (χ3n) is 5.42. The molecule has 28 heavy (non-hydrogen) atoms. The van der Waals surface area contributed by atoms with Gasteiger partial charge in [0, 0.05) is 13.1 Å². The Morgan fingerprint density at radius 3 is 2.64 bits per heavy atom. The maximum atomic E-state index is 12.8. The molecule has 4 rings (SSSR count). The average Bonchev–Trinajstić information content (AvgIpc) is 3.18. The fourth-order valence-corrected chi connectivity index (χ4v) is 4.60. The zero-order valence-electron chi connectivity index (χ0n) is 16.3. The van der Waals surface area contributed by atoms with Gasteiger partial charge in [-0.25, -0.2) is 4.98 Å². The molecule has 0 saturated heterocycles. The second kappa shape index (κ2) is 8.25. The van der Waals surface area contributed by atoms with Crippen LogP contribution in [0.15, 0.2) is 60.7 Å². The summed E-state index contributed by atoms with van der Waals surface area (Å²) in [6.45, 7) is 4.00. The summed E-state index contributed by atoms with van der Waals surface area (Å²) in [6, 6.07) is 18.7. The minimum atomic E-state index is 0.113. The van der Waals surface area contributed by atoms with Gasteiger partial charge in [0.15, 0.2) is 0 Å². The number of aromatic nitrogens is 1. The van der Waals surface area contributed by atoms with Crippen LogP contribution in [0.25, 0.3) is 15.8 Å². The van der Waals surface area contributed by atoms with Crippen molar-refractivity contribution >= 4 is 33.0 Å². The maximum absolute atomic E-state index is 12.8. The van der Waals surface area contributed by atoms with Gasteiger partial charge < -0.3 is 4.90 Å². The van der Waals surface area contributed by atoms with E-state index in [2.05, 4.69) is 48.2 Å². The number of likely N-dealkylation sites (N-methyl/N-ethyl adjacent to an activating group) is 1. The average molecular weight is 392 g/mol. The number of benzene rings is 2. The molecule has 1 aliphatic rings. The van der Waals surface area contributed by atoms with E-state index in [1.54, 1.807) is 11.3 Å². The zero-order chi connectivity index (χ0) is 19.5. The van der Waals surface area contributed by atoms with E-state index in [0.717, 1.165) is 23.5 Å². The van der Waals surface area contributed by atoms with E-state index < -0.39 is 0 Å². The van der Waals surface area contributed by atoms with Crippen LogP contribution in [0.4, 0.5) is 0 Å². The molecule has 0 bridgehead atoms. The largest absolute Gasteiger partial charge is 0.338 e. The maximum Gasteiger partial charge on any atom is 0.237 e. The molecule has 1 aliphatic heterocycles. The van der Waals surface area contributed by atoms with E-state index in [0.29, 0.717) is 13.1 Å². The standard InChI is InChI=1S/C23H25N3OS/c1-17(23-24-20-10-6-7-11-21(20)28-23)25(2)16-22(27)26-14-12-19(13-15-26)18-8-4-3-5-9-18/h3-12,17H,13-16H2,1-2H3/t17-/m0/s1. The molecule has 1 aromatic heterocycles. The summed E-state index contributed by atoms with van der Waals surface area (Å²) in [7, 11) is 2.00. The first kappa shape index (κ1) is 18.8. The molecule has 0 saturated carbocycles. The van der Waals surface area contributed by atoms with E-state index in [4.69, 9.17) is 4.98 Å². The molecular formula is C23H25N3OS. The van der Waals surface area contributed by atoms with Gasteiger partial charge in [-0.1, -0.05) is 48.5 Å². The van der Waals surface area contributed by atoms with Crippen molar-refractivity contribution in [3.63, 3.8) is 0 Å². The van der Waals surface area contributed by atoms with Crippen molar-refractivity contribution in [2.75, 3.05) is 26.7 Å². The normalized spacial score (nSPS) is 15.7. The summed E-state index contributed by atoms with van der Waals surface area (Å²) < 4.78 is 1.19. The smallest absolute Gasteiger partial charge is 0.237 e. The van der Waals surface area contributed by atoms with Crippen LogP contribution in [0.2, 0.25) is 0 Å². The first-order valence-electron chi connectivity index (χ1n) is 9.70. The predicted octanol–water partition coefficient (Wildman–Crippen LogP) is 4.61. The van der Waals surface area contributed by atoms with Crippen LogP contribution in [0.3, 0.4) is 0 Å². The third-order valence-corrected chi connectivity index (χ3v) is 6.63. The zero-order valence-corrected chi connectivity index (χ0v) is 17.2. The molecule has 2 heterocycles. The Morgan fingerprint density at radius 1 is 1.18 bits per heavy atom. The summed E-state index contributed by atoms with van der Waals surface area (Å²) in [6.07, 6.45) is 3.10. The highest BCUT2D eigenvalue weighted by Gasteiger charge is 2.23. The van der Waals surface area contributed by atoms with Crippen molar-refractivity contribution in [2.24, 2.45) is 0 Å². The molecule has 2 aromatic carbocycles. The second-order valence-electron chi connectivity index (χ2n) is 7.30. The molecule has 0 fully saturated rings. The van der Waals surface area contributed by atoms with Gasteiger partial charge in [0.25, 0.3) is 0 Å². The topological polar surface area (TPSA) is 36.4 Å². The molecule has 0 radical (unpaired) electrons. The van der Waals surface area contributed by atoms with E-state index in [-0.39, 0.29) is 11.9 Å². The quantitative estimate of drug-likeness (QED) is 0.637. The number of fused-ring (bicyclic) bond motifs is 1. The number of carbonyl (C=O) groups is 1. The number of hydrogen-bond acceptors (Lipinski definition) is 4. The van der Waals surface area contributed by atoms with Gasteiger partial charge >= 0.3 is 0 Å². The molecule has 0 spiro atoms. The Balaban J connectivity index is 1.37. The Morgan fingerprint density at radius 2 is 1.93 bits per heavy atom. The molecule has 0 unspecified atom stereocenters. The van der Waals surface area contributed by atoms with E-state index in [1.165, 1.54) is 15.8 Å². The molecule has 144 valence electrons. The Hall–Kier alpha value is -2.50. The Kier molecular flexibility index (Phi) is 5.55. The minimum absolute atomic E-state index is 0.113. The molecule has 0 N–H and O–H groups in total. The molecule has 4 nitrogen and oxygen atoms in total. The van der Waals surface area contributed by atoms with Crippen LogP contribution in [0.5, 0.6) is 0 Å². The summed E-state index contributed by atoms with van der Waals surface area (Å²) >= 11 is 1.71. The van der Waals surface area contributed by atoms with Gasteiger partial charge in [-0.15, -0.1) is 11.3 Å². The van der Waals surface area contributed by atoms with Gasteiger partial charge in [-0.3, -0.25) is 9.69 Å². The predicted molar refractivity (Wildman–Crippen MR) is 116 cm³/mol. The number of rotatable bonds is 5. The van der Waals surface area contributed by atoms with Crippen molar-refractivity contribution in [1.82, 2.24) is 14.8 Å². The highest BCUT2D eigenvalue weighted by molar-refractivity contribution is 7.18.